The lowest BCUT2D eigenvalue weighted by Crippen LogP contribution is -2.14. The third kappa shape index (κ3) is 3.59. The van der Waals surface area contributed by atoms with Crippen molar-refractivity contribution in [1.29, 1.82) is 0 Å². The molecule has 0 fully saturated rings. The van der Waals surface area contributed by atoms with Crippen LogP contribution in [0.1, 0.15) is 37.6 Å². The molecule has 0 saturated heterocycles. The maximum absolute atomic E-state index is 12.4. The minimum Gasteiger partial charge on any atom is -0.492 e. The molecule has 5 heteroatoms. The summed E-state index contributed by atoms with van der Waals surface area (Å²) in [4.78, 5) is 15.5. The number of aromatic amines is 1. The predicted molar refractivity (Wildman–Crippen MR) is 98.1 cm³/mol. The second-order valence-corrected chi connectivity index (χ2v) is 6.24. The molecule has 1 aliphatic rings. The van der Waals surface area contributed by atoms with Gasteiger partial charge in [-0.2, -0.15) is 0 Å². The van der Waals surface area contributed by atoms with E-state index in [-0.39, 0.29) is 5.91 Å². The number of hydrogen-bond donors (Lipinski definition) is 3. The fourth-order valence-electron chi connectivity index (χ4n) is 2.62. The molecule has 25 heavy (non-hydrogen) atoms. The Balaban J connectivity index is 2.10. The number of aromatic nitrogens is 1. The van der Waals surface area contributed by atoms with Gasteiger partial charge < -0.3 is 20.1 Å². The Morgan fingerprint density at radius 3 is 2.84 bits per heavy atom. The van der Waals surface area contributed by atoms with Crippen LogP contribution in [-0.2, 0) is 4.79 Å². The number of benzene rings is 1. The summed E-state index contributed by atoms with van der Waals surface area (Å²) in [5.74, 6) is 6.28. The van der Waals surface area contributed by atoms with Gasteiger partial charge in [0.2, 0.25) is 0 Å². The minimum absolute atomic E-state index is 0.190. The number of nitrogens with one attached hydrogen (secondary N) is 2. The Hall–Kier alpha value is -2.97. The predicted octanol–water partition coefficient (Wildman–Crippen LogP) is 3.03. The van der Waals surface area contributed by atoms with Crippen molar-refractivity contribution in [2.45, 2.75) is 26.4 Å². The number of aliphatic hydroxyl groups is 1. The molecular formula is C20H20N2O3. The topological polar surface area (TPSA) is 74.4 Å². The molecule has 5 nitrogen and oxygen atoms in total. The summed E-state index contributed by atoms with van der Waals surface area (Å²) in [6, 6.07) is 7.33. The van der Waals surface area contributed by atoms with Gasteiger partial charge in [-0.3, -0.25) is 4.79 Å². The van der Waals surface area contributed by atoms with Crippen LogP contribution in [0.2, 0.25) is 0 Å². The Bertz CT molecular complexity index is 905. The molecule has 1 amide bonds. The van der Waals surface area contributed by atoms with Crippen LogP contribution in [0.15, 0.2) is 30.5 Å². The van der Waals surface area contributed by atoms with Crippen LogP contribution in [0.4, 0.5) is 5.69 Å². The van der Waals surface area contributed by atoms with E-state index in [4.69, 9.17) is 4.74 Å². The van der Waals surface area contributed by atoms with Gasteiger partial charge in [-0.25, -0.2) is 0 Å². The van der Waals surface area contributed by atoms with E-state index in [1.807, 2.05) is 31.2 Å². The van der Waals surface area contributed by atoms with Crippen molar-refractivity contribution in [3.05, 3.63) is 47.3 Å². The SMILES string of the molecule is CCOc1cc[nH]c1/C=C1\C(=O)Nc2cccc(C#CC(C)(C)O)c21. The lowest BCUT2D eigenvalue weighted by atomic mass is 9.99. The molecule has 0 spiro atoms. The summed E-state index contributed by atoms with van der Waals surface area (Å²) in [7, 11) is 0. The number of hydrogen-bond acceptors (Lipinski definition) is 3. The van der Waals surface area contributed by atoms with Crippen molar-refractivity contribution < 1.29 is 14.6 Å². The molecule has 0 aliphatic carbocycles. The van der Waals surface area contributed by atoms with Gasteiger partial charge in [0, 0.05) is 17.3 Å². The summed E-state index contributed by atoms with van der Waals surface area (Å²) in [5.41, 5.74) is 2.27. The molecule has 0 atom stereocenters. The highest BCUT2D eigenvalue weighted by atomic mass is 16.5. The third-order valence-corrected chi connectivity index (χ3v) is 3.66. The molecule has 2 heterocycles. The minimum atomic E-state index is -1.11. The number of anilines is 1. The third-order valence-electron chi connectivity index (χ3n) is 3.66. The summed E-state index contributed by atoms with van der Waals surface area (Å²) in [6.45, 7) is 5.69. The van der Waals surface area contributed by atoms with Gasteiger partial charge in [0.25, 0.3) is 5.91 Å². The molecule has 0 bridgehead atoms. The van der Waals surface area contributed by atoms with Crippen molar-refractivity contribution in [2.24, 2.45) is 0 Å². The van der Waals surface area contributed by atoms with Crippen LogP contribution in [0.5, 0.6) is 5.75 Å². The zero-order valence-corrected chi connectivity index (χ0v) is 14.4. The van der Waals surface area contributed by atoms with E-state index in [1.165, 1.54) is 0 Å². The molecule has 0 saturated carbocycles. The molecular weight excluding hydrogens is 316 g/mol. The Morgan fingerprint density at radius 2 is 2.12 bits per heavy atom. The van der Waals surface area contributed by atoms with Gasteiger partial charge in [-0.1, -0.05) is 17.9 Å². The zero-order chi connectivity index (χ0) is 18.0. The summed E-state index contributed by atoms with van der Waals surface area (Å²) < 4.78 is 5.56. The average molecular weight is 336 g/mol. The van der Waals surface area contributed by atoms with Gasteiger partial charge in [0.15, 0.2) is 0 Å². The number of fused-ring (bicyclic) bond motifs is 1. The van der Waals surface area contributed by atoms with E-state index in [9.17, 15) is 9.90 Å². The molecule has 0 radical (unpaired) electrons. The average Bonchev–Trinajstić information content (AvgIpc) is 3.10. The molecule has 3 N–H and O–H groups in total. The molecule has 3 rings (SSSR count). The first-order valence-electron chi connectivity index (χ1n) is 8.11. The molecule has 128 valence electrons. The van der Waals surface area contributed by atoms with E-state index in [0.29, 0.717) is 29.2 Å². The quantitative estimate of drug-likeness (QED) is 0.596. The smallest absolute Gasteiger partial charge is 0.256 e. The van der Waals surface area contributed by atoms with E-state index < -0.39 is 5.60 Å². The number of carbonyl (C=O) groups excluding carboxylic acids is 1. The van der Waals surface area contributed by atoms with E-state index in [0.717, 1.165) is 11.3 Å². The van der Waals surface area contributed by atoms with Crippen LogP contribution in [-0.4, -0.2) is 28.2 Å². The second-order valence-electron chi connectivity index (χ2n) is 6.24. The number of amides is 1. The van der Waals surface area contributed by atoms with E-state index in [2.05, 4.69) is 22.1 Å². The highest BCUT2D eigenvalue weighted by Gasteiger charge is 2.27. The van der Waals surface area contributed by atoms with E-state index in [1.54, 1.807) is 26.1 Å². The fourth-order valence-corrected chi connectivity index (χ4v) is 2.62. The van der Waals surface area contributed by atoms with Crippen LogP contribution >= 0.6 is 0 Å². The van der Waals surface area contributed by atoms with Crippen LogP contribution < -0.4 is 10.1 Å². The van der Waals surface area contributed by atoms with Crippen LogP contribution in [0, 0.1) is 11.8 Å². The fraction of sp³-hybridized carbons (Fsp3) is 0.250. The molecule has 0 unspecified atom stereocenters. The van der Waals surface area contributed by atoms with E-state index >= 15 is 0 Å². The Labute approximate surface area is 146 Å². The normalized spacial score (nSPS) is 14.7. The summed E-state index contributed by atoms with van der Waals surface area (Å²) >= 11 is 0. The van der Waals surface area contributed by atoms with Crippen molar-refractivity contribution in [1.82, 2.24) is 4.98 Å². The number of carbonyl (C=O) groups is 1. The second kappa shape index (κ2) is 6.50. The maximum atomic E-state index is 12.4. The first-order chi connectivity index (χ1) is 11.9. The monoisotopic (exact) mass is 336 g/mol. The Morgan fingerprint density at radius 1 is 1.32 bits per heavy atom. The molecule has 1 aromatic carbocycles. The molecule has 2 aromatic rings. The zero-order valence-electron chi connectivity index (χ0n) is 14.4. The maximum Gasteiger partial charge on any atom is 0.256 e. The van der Waals surface area contributed by atoms with Gasteiger partial charge in [0.1, 0.15) is 11.4 Å². The van der Waals surface area contributed by atoms with Gasteiger partial charge in [-0.15, -0.1) is 0 Å². The van der Waals surface area contributed by atoms with Gasteiger partial charge in [-0.05, 0) is 45.0 Å². The Kier molecular flexibility index (Phi) is 4.39. The van der Waals surface area contributed by atoms with Crippen molar-refractivity contribution in [3.63, 3.8) is 0 Å². The largest absolute Gasteiger partial charge is 0.492 e. The molecule has 1 aliphatic heterocycles. The van der Waals surface area contributed by atoms with Crippen molar-refractivity contribution in [2.75, 3.05) is 11.9 Å². The number of rotatable bonds is 3. The number of ether oxygens (including phenoxy) is 1. The van der Waals surface area contributed by atoms with Crippen molar-refractivity contribution in [3.8, 4) is 17.6 Å². The van der Waals surface area contributed by atoms with Crippen LogP contribution in [0.25, 0.3) is 11.6 Å². The lowest BCUT2D eigenvalue weighted by molar-refractivity contribution is -0.110. The van der Waals surface area contributed by atoms with Crippen molar-refractivity contribution >= 4 is 23.2 Å². The van der Waals surface area contributed by atoms with Crippen LogP contribution in [0.3, 0.4) is 0 Å². The summed E-state index contributed by atoms with van der Waals surface area (Å²) in [6.07, 6.45) is 3.53. The standard InChI is InChI=1S/C20H20N2O3/c1-4-25-17-9-11-21-16(17)12-14-18-13(8-10-20(2,3)24)6-5-7-15(18)22-19(14)23/h5-7,9,11-12,21,24H,4H2,1-3H3,(H,22,23)/b14-12-. The van der Waals surface area contributed by atoms with Gasteiger partial charge in [0.05, 0.1) is 23.6 Å². The first kappa shape index (κ1) is 16.9. The molecule has 1 aromatic heterocycles. The summed E-state index contributed by atoms with van der Waals surface area (Å²) in [5, 5.41) is 12.7. The lowest BCUT2D eigenvalue weighted by Gasteiger charge is -2.07. The highest BCUT2D eigenvalue weighted by molar-refractivity contribution is 6.35. The highest BCUT2D eigenvalue weighted by Crippen LogP contribution is 2.36. The van der Waals surface area contributed by atoms with Gasteiger partial charge >= 0.3 is 0 Å². The first-order valence-corrected chi connectivity index (χ1v) is 8.11. The number of H-pyrrole nitrogens is 1.